The van der Waals surface area contributed by atoms with Gasteiger partial charge in [-0.2, -0.15) is 0 Å². The fourth-order valence-corrected chi connectivity index (χ4v) is 5.28. The van der Waals surface area contributed by atoms with Gasteiger partial charge in [0.2, 0.25) is 5.91 Å². The minimum atomic E-state index is 0.0679. The maximum absolute atomic E-state index is 13.1. The molecule has 0 aliphatic heterocycles. The summed E-state index contributed by atoms with van der Waals surface area (Å²) in [6.07, 6.45) is 10.1. The van der Waals surface area contributed by atoms with Gasteiger partial charge in [0.1, 0.15) is 0 Å². The van der Waals surface area contributed by atoms with Crippen molar-refractivity contribution < 1.29 is 4.79 Å². The number of rotatable bonds is 3. The molecule has 2 aromatic rings. The lowest BCUT2D eigenvalue weighted by Crippen LogP contribution is -2.41. The molecule has 2 heteroatoms. The van der Waals surface area contributed by atoms with E-state index in [1.165, 1.54) is 61.3 Å². The van der Waals surface area contributed by atoms with Crippen molar-refractivity contribution in [2.75, 3.05) is 0 Å². The van der Waals surface area contributed by atoms with Crippen molar-refractivity contribution in [3.05, 3.63) is 48.0 Å². The summed E-state index contributed by atoms with van der Waals surface area (Å²) in [4.78, 5) is 13.1. The van der Waals surface area contributed by atoms with Crippen LogP contribution in [0.4, 0.5) is 0 Å². The van der Waals surface area contributed by atoms with Gasteiger partial charge in [-0.3, -0.25) is 4.79 Å². The van der Waals surface area contributed by atoms with Gasteiger partial charge in [-0.05, 0) is 60.4 Å². The van der Waals surface area contributed by atoms with Crippen molar-refractivity contribution in [1.29, 1.82) is 0 Å². The molecule has 2 fully saturated rings. The Morgan fingerprint density at radius 1 is 1.00 bits per heavy atom. The van der Waals surface area contributed by atoms with E-state index in [0.717, 1.165) is 6.42 Å². The van der Waals surface area contributed by atoms with E-state index in [4.69, 9.17) is 0 Å². The van der Waals surface area contributed by atoms with E-state index in [1.54, 1.807) is 0 Å². The van der Waals surface area contributed by atoms with Gasteiger partial charge in [0.15, 0.2) is 0 Å². The predicted octanol–water partition coefficient (Wildman–Crippen LogP) is 5.77. The Hall–Kier alpha value is -1.83. The third-order valence-corrected chi connectivity index (χ3v) is 6.70. The second-order valence-corrected chi connectivity index (χ2v) is 8.20. The molecule has 0 unspecified atom stereocenters. The first-order valence-corrected chi connectivity index (χ1v) is 9.97. The zero-order valence-electron chi connectivity index (χ0n) is 15.3. The Morgan fingerprint density at radius 2 is 1.72 bits per heavy atom. The van der Waals surface area contributed by atoms with Crippen LogP contribution in [0.1, 0.15) is 69.9 Å². The molecule has 1 spiro atoms. The van der Waals surface area contributed by atoms with Crippen molar-refractivity contribution in [2.24, 2.45) is 11.3 Å². The quantitative estimate of drug-likeness (QED) is 0.758. The van der Waals surface area contributed by atoms with Gasteiger partial charge in [0.05, 0.1) is 6.04 Å². The number of hydrogen-bond acceptors (Lipinski definition) is 1. The molecule has 4 rings (SSSR count). The average molecular weight is 335 g/mol. The maximum atomic E-state index is 13.1. The SMILES string of the molecule is C[C@@H](NC(=O)[C@@H]1CCCC12CCCCC2)c1ccc2ccccc2c1. The summed E-state index contributed by atoms with van der Waals surface area (Å²) in [6.45, 7) is 2.12. The molecule has 25 heavy (non-hydrogen) atoms. The van der Waals surface area contributed by atoms with Crippen molar-refractivity contribution in [2.45, 2.75) is 64.3 Å². The van der Waals surface area contributed by atoms with E-state index in [2.05, 4.69) is 54.7 Å². The normalized spacial score (nSPS) is 23.6. The van der Waals surface area contributed by atoms with E-state index >= 15 is 0 Å². The van der Waals surface area contributed by atoms with E-state index in [-0.39, 0.29) is 12.0 Å². The van der Waals surface area contributed by atoms with Gasteiger partial charge in [-0.25, -0.2) is 0 Å². The number of benzene rings is 2. The molecule has 0 aromatic heterocycles. The summed E-state index contributed by atoms with van der Waals surface area (Å²) < 4.78 is 0. The lowest BCUT2D eigenvalue weighted by Gasteiger charge is -2.38. The molecule has 2 atom stereocenters. The summed E-state index contributed by atoms with van der Waals surface area (Å²) in [7, 11) is 0. The van der Waals surface area contributed by atoms with Gasteiger partial charge in [0.25, 0.3) is 0 Å². The highest BCUT2D eigenvalue weighted by Gasteiger charge is 2.46. The van der Waals surface area contributed by atoms with Crippen LogP contribution in [0.15, 0.2) is 42.5 Å². The summed E-state index contributed by atoms with van der Waals surface area (Å²) >= 11 is 0. The van der Waals surface area contributed by atoms with E-state index in [0.29, 0.717) is 11.3 Å². The van der Waals surface area contributed by atoms with E-state index in [1.807, 2.05) is 0 Å². The third-order valence-electron chi connectivity index (χ3n) is 6.70. The zero-order chi connectivity index (χ0) is 17.3. The van der Waals surface area contributed by atoms with Crippen LogP contribution in [0.5, 0.6) is 0 Å². The molecule has 2 aliphatic rings. The predicted molar refractivity (Wildman–Crippen MR) is 103 cm³/mol. The highest BCUT2D eigenvalue weighted by atomic mass is 16.2. The van der Waals surface area contributed by atoms with Gasteiger partial charge in [0, 0.05) is 5.92 Å². The third kappa shape index (κ3) is 3.19. The molecule has 0 heterocycles. The second-order valence-electron chi connectivity index (χ2n) is 8.20. The molecule has 2 aromatic carbocycles. The standard InChI is InChI=1S/C23H29NO/c1-17(19-12-11-18-8-3-4-9-20(18)16-19)24-22(25)21-10-7-15-23(21)13-5-2-6-14-23/h3-4,8-9,11-12,16-17,21H,2,5-7,10,13-15H2,1H3,(H,24,25)/t17-,21+/m1/s1. The Morgan fingerprint density at radius 3 is 2.52 bits per heavy atom. The highest BCUT2D eigenvalue weighted by molar-refractivity contribution is 5.84. The van der Waals surface area contributed by atoms with E-state index < -0.39 is 0 Å². The molecule has 2 saturated carbocycles. The molecule has 0 bridgehead atoms. The number of fused-ring (bicyclic) bond motifs is 1. The first-order valence-electron chi connectivity index (χ1n) is 9.97. The minimum absolute atomic E-state index is 0.0679. The summed E-state index contributed by atoms with van der Waals surface area (Å²) in [5.41, 5.74) is 1.51. The Labute approximate surface area is 151 Å². The van der Waals surface area contributed by atoms with Crippen LogP contribution in [0.25, 0.3) is 10.8 Å². The number of amides is 1. The summed E-state index contributed by atoms with van der Waals surface area (Å²) in [5.74, 6) is 0.524. The Balaban J connectivity index is 1.49. The molecule has 0 radical (unpaired) electrons. The number of hydrogen-bond donors (Lipinski definition) is 1. The number of carbonyl (C=O) groups excluding carboxylic acids is 1. The van der Waals surface area contributed by atoms with Crippen LogP contribution in [0.3, 0.4) is 0 Å². The van der Waals surface area contributed by atoms with Gasteiger partial charge in [-0.1, -0.05) is 62.1 Å². The zero-order valence-corrected chi connectivity index (χ0v) is 15.3. The van der Waals surface area contributed by atoms with Crippen LogP contribution in [-0.4, -0.2) is 5.91 Å². The summed E-state index contributed by atoms with van der Waals surface area (Å²) in [6, 6.07) is 15.0. The molecule has 2 aliphatic carbocycles. The first-order chi connectivity index (χ1) is 12.2. The van der Waals surface area contributed by atoms with Crippen LogP contribution >= 0.6 is 0 Å². The van der Waals surface area contributed by atoms with Crippen LogP contribution in [-0.2, 0) is 4.79 Å². The first kappa shape index (κ1) is 16.6. The topological polar surface area (TPSA) is 29.1 Å². The molecule has 1 amide bonds. The minimum Gasteiger partial charge on any atom is -0.349 e. The fourth-order valence-electron chi connectivity index (χ4n) is 5.28. The number of nitrogens with one attached hydrogen (secondary N) is 1. The highest BCUT2D eigenvalue weighted by Crippen LogP contribution is 2.53. The largest absolute Gasteiger partial charge is 0.349 e. The monoisotopic (exact) mass is 335 g/mol. The van der Waals surface area contributed by atoms with Gasteiger partial charge < -0.3 is 5.32 Å². The Bertz CT molecular complexity index is 760. The van der Waals surface area contributed by atoms with Gasteiger partial charge >= 0.3 is 0 Å². The average Bonchev–Trinajstić information content (AvgIpc) is 3.04. The maximum Gasteiger partial charge on any atom is 0.224 e. The molecular formula is C23H29NO. The molecule has 132 valence electrons. The van der Waals surface area contributed by atoms with Crippen LogP contribution in [0, 0.1) is 11.3 Å². The Kier molecular flexibility index (Phi) is 4.54. The van der Waals surface area contributed by atoms with Crippen LogP contribution in [0.2, 0.25) is 0 Å². The lowest BCUT2D eigenvalue weighted by molar-refractivity contribution is -0.129. The molecular weight excluding hydrogens is 306 g/mol. The molecule has 1 N–H and O–H groups in total. The van der Waals surface area contributed by atoms with Crippen LogP contribution < -0.4 is 5.32 Å². The van der Waals surface area contributed by atoms with Crippen molar-refractivity contribution in [3.63, 3.8) is 0 Å². The molecule has 2 nitrogen and oxygen atoms in total. The van der Waals surface area contributed by atoms with Crippen molar-refractivity contribution in [3.8, 4) is 0 Å². The number of carbonyl (C=O) groups is 1. The second kappa shape index (κ2) is 6.82. The van der Waals surface area contributed by atoms with Gasteiger partial charge in [-0.15, -0.1) is 0 Å². The molecule has 0 saturated heterocycles. The lowest BCUT2D eigenvalue weighted by atomic mass is 9.67. The smallest absolute Gasteiger partial charge is 0.224 e. The summed E-state index contributed by atoms with van der Waals surface area (Å²) in [5, 5.41) is 5.83. The van der Waals surface area contributed by atoms with Crippen molar-refractivity contribution >= 4 is 16.7 Å². The van der Waals surface area contributed by atoms with E-state index in [9.17, 15) is 4.79 Å². The fraction of sp³-hybridized carbons (Fsp3) is 0.522. The van der Waals surface area contributed by atoms with Crippen molar-refractivity contribution in [1.82, 2.24) is 5.32 Å².